The highest BCUT2D eigenvalue weighted by Crippen LogP contribution is 2.19. The molecule has 0 fully saturated rings. The molecule has 0 aliphatic carbocycles. The zero-order chi connectivity index (χ0) is 15.1. The SMILES string of the molecule is CNc1cc(N(CC(C)C)CC(C)C)nc(COC)n1. The third-order valence-corrected chi connectivity index (χ3v) is 2.78. The van der Waals surface area contributed by atoms with Crippen LogP contribution >= 0.6 is 0 Å². The van der Waals surface area contributed by atoms with Crippen molar-refractivity contribution in [1.29, 1.82) is 0 Å². The topological polar surface area (TPSA) is 50.3 Å². The van der Waals surface area contributed by atoms with Gasteiger partial charge in [-0.15, -0.1) is 0 Å². The molecule has 0 radical (unpaired) electrons. The molecule has 1 heterocycles. The van der Waals surface area contributed by atoms with E-state index in [1.54, 1.807) is 7.11 Å². The summed E-state index contributed by atoms with van der Waals surface area (Å²) >= 11 is 0. The third-order valence-electron chi connectivity index (χ3n) is 2.78. The lowest BCUT2D eigenvalue weighted by atomic mass is 10.1. The lowest BCUT2D eigenvalue weighted by Crippen LogP contribution is -2.32. The average molecular weight is 280 g/mol. The third kappa shape index (κ3) is 5.33. The Morgan fingerprint density at radius 1 is 1.15 bits per heavy atom. The van der Waals surface area contributed by atoms with Gasteiger partial charge < -0.3 is 15.0 Å². The van der Waals surface area contributed by atoms with Crippen molar-refractivity contribution in [3.05, 3.63) is 11.9 Å². The first-order chi connectivity index (χ1) is 9.46. The van der Waals surface area contributed by atoms with Gasteiger partial charge in [-0.05, 0) is 11.8 Å². The fourth-order valence-corrected chi connectivity index (χ4v) is 2.11. The zero-order valence-electron chi connectivity index (χ0n) is 13.6. The lowest BCUT2D eigenvalue weighted by molar-refractivity contribution is 0.178. The summed E-state index contributed by atoms with van der Waals surface area (Å²) < 4.78 is 5.15. The molecule has 1 rings (SSSR count). The Labute approximate surface area is 122 Å². The van der Waals surface area contributed by atoms with Crippen LogP contribution in [0.25, 0.3) is 0 Å². The Balaban J connectivity index is 3.06. The fraction of sp³-hybridized carbons (Fsp3) is 0.733. The maximum absolute atomic E-state index is 5.15. The maximum Gasteiger partial charge on any atom is 0.158 e. The van der Waals surface area contributed by atoms with Gasteiger partial charge in [0.05, 0.1) is 0 Å². The Morgan fingerprint density at radius 3 is 2.20 bits per heavy atom. The Morgan fingerprint density at radius 2 is 1.75 bits per heavy atom. The van der Waals surface area contributed by atoms with E-state index in [1.165, 1.54) is 0 Å². The second kappa shape index (κ2) is 8.04. The Kier molecular flexibility index (Phi) is 6.71. The minimum atomic E-state index is 0.430. The zero-order valence-corrected chi connectivity index (χ0v) is 13.6. The summed E-state index contributed by atoms with van der Waals surface area (Å²) in [7, 11) is 3.53. The van der Waals surface area contributed by atoms with Gasteiger partial charge in [0, 0.05) is 33.3 Å². The molecular formula is C15H28N4O. The molecule has 0 saturated carbocycles. The van der Waals surface area contributed by atoms with E-state index < -0.39 is 0 Å². The number of ether oxygens (including phenoxy) is 1. The summed E-state index contributed by atoms with van der Waals surface area (Å²) in [5.41, 5.74) is 0. The lowest BCUT2D eigenvalue weighted by Gasteiger charge is -2.28. The Hall–Kier alpha value is -1.36. The van der Waals surface area contributed by atoms with Crippen molar-refractivity contribution in [2.75, 3.05) is 37.5 Å². The van der Waals surface area contributed by atoms with Crippen LogP contribution in [0.2, 0.25) is 0 Å². The number of aromatic nitrogens is 2. The largest absolute Gasteiger partial charge is 0.377 e. The first-order valence-corrected chi connectivity index (χ1v) is 7.25. The monoisotopic (exact) mass is 280 g/mol. The number of hydrogen-bond acceptors (Lipinski definition) is 5. The quantitative estimate of drug-likeness (QED) is 0.793. The van der Waals surface area contributed by atoms with E-state index in [0.29, 0.717) is 24.3 Å². The van der Waals surface area contributed by atoms with Crippen molar-refractivity contribution in [2.24, 2.45) is 11.8 Å². The number of rotatable bonds is 8. The van der Waals surface area contributed by atoms with E-state index in [9.17, 15) is 0 Å². The highest BCUT2D eigenvalue weighted by molar-refractivity contribution is 5.49. The fourth-order valence-electron chi connectivity index (χ4n) is 2.11. The Bertz CT molecular complexity index is 397. The van der Waals surface area contributed by atoms with Crippen molar-refractivity contribution >= 4 is 11.6 Å². The van der Waals surface area contributed by atoms with Gasteiger partial charge in [0.15, 0.2) is 5.82 Å². The summed E-state index contributed by atoms with van der Waals surface area (Å²) in [6, 6.07) is 2.00. The van der Waals surface area contributed by atoms with Crippen molar-refractivity contribution < 1.29 is 4.74 Å². The second-order valence-electron chi connectivity index (χ2n) is 5.90. The summed E-state index contributed by atoms with van der Waals surface area (Å²) in [6.45, 7) is 11.3. The molecule has 0 bridgehead atoms. The molecule has 1 N–H and O–H groups in total. The van der Waals surface area contributed by atoms with Crippen molar-refractivity contribution in [3.63, 3.8) is 0 Å². The molecule has 5 nitrogen and oxygen atoms in total. The van der Waals surface area contributed by atoms with Crippen LogP contribution in [0.15, 0.2) is 6.07 Å². The molecule has 0 amide bonds. The molecular weight excluding hydrogens is 252 g/mol. The first kappa shape index (κ1) is 16.7. The minimum absolute atomic E-state index is 0.430. The molecule has 0 aliphatic rings. The van der Waals surface area contributed by atoms with E-state index in [0.717, 1.165) is 24.7 Å². The average Bonchev–Trinajstić information content (AvgIpc) is 2.37. The predicted molar refractivity (Wildman–Crippen MR) is 84.2 cm³/mol. The van der Waals surface area contributed by atoms with Crippen molar-refractivity contribution in [1.82, 2.24) is 9.97 Å². The molecule has 1 aromatic heterocycles. The standard InChI is InChI=1S/C15H28N4O/c1-11(2)8-19(9-12(3)4)15-7-13(16-5)17-14(18-15)10-20-6/h7,11-12H,8-10H2,1-6H3,(H,16,17,18). The predicted octanol–water partition coefficient (Wildman–Crippen LogP) is 2.78. The van der Waals surface area contributed by atoms with Gasteiger partial charge >= 0.3 is 0 Å². The normalized spacial score (nSPS) is 11.2. The first-order valence-electron chi connectivity index (χ1n) is 7.25. The molecule has 114 valence electrons. The summed E-state index contributed by atoms with van der Waals surface area (Å²) in [6.07, 6.45) is 0. The van der Waals surface area contributed by atoms with Gasteiger partial charge in [-0.2, -0.15) is 0 Å². The van der Waals surface area contributed by atoms with Gasteiger partial charge in [0.1, 0.15) is 18.2 Å². The number of methoxy groups -OCH3 is 1. The molecule has 1 aromatic rings. The van der Waals surface area contributed by atoms with Crippen LogP contribution in [0.1, 0.15) is 33.5 Å². The van der Waals surface area contributed by atoms with E-state index in [-0.39, 0.29) is 0 Å². The van der Waals surface area contributed by atoms with E-state index in [2.05, 4.69) is 47.9 Å². The highest BCUT2D eigenvalue weighted by Gasteiger charge is 2.14. The maximum atomic E-state index is 5.15. The van der Waals surface area contributed by atoms with Gasteiger partial charge in [-0.25, -0.2) is 9.97 Å². The van der Waals surface area contributed by atoms with E-state index in [4.69, 9.17) is 4.74 Å². The van der Waals surface area contributed by atoms with Crippen molar-refractivity contribution in [2.45, 2.75) is 34.3 Å². The van der Waals surface area contributed by atoms with Crippen LogP contribution in [0, 0.1) is 11.8 Å². The minimum Gasteiger partial charge on any atom is -0.377 e. The van der Waals surface area contributed by atoms with Crippen LogP contribution in [-0.2, 0) is 11.3 Å². The van der Waals surface area contributed by atoms with Crippen LogP contribution in [0.4, 0.5) is 11.6 Å². The van der Waals surface area contributed by atoms with Gasteiger partial charge in [-0.1, -0.05) is 27.7 Å². The molecule has 20 heavy (non-hydrogen) atoms. The highest BCUT2D eigenvalue weighted by atomic mass is 16.5. The van der Waals surface area contributed by atoms with Gasteiger partial charge in [0.25, 0.3) is 0 Å². The van der Waals surface area contributed by atoms with E-state index >= 15 is 0 Å². The second-order valence-corrected chi connectivity index (χ2v) is 5.90. The summed E-state index contributed by atoms with van der Waals surface area (Å²) in [5.74, 6) is 3.70. The van der Waals surface area contributed by atoms with Crippen LogP contribution in [0.5, 0.6) is 0 Å². The molecule has 0 aliphatic heterocycles. The summed E-state index contributed by atoms with van der Waals surface area (Å²) in [5, 5.41) is 3.09. The molecule has 0 spiro atoms. The molecule has 0 unspecified atom stereocenters. The summed E-state index contributed by atoms with van der Waals surface area (Å²) in [4.78, 5) is 11.4. The number of nitrogens with zero attached hydrogens (tertiary/aromatic N) is 3. The van der Waals surface area contributed by atoms with Crippen LogP contribution < -0.4 is 10.2 Å². The molecule has 0 atom stereocenters. The van der Waals surface area contributed by atoms with Gasteiger partial charge in [0.2, 0.25) is 0 Å². The van der Waals surface area contributed by atoms with E-state index in [1.807, 2.05) is 13.1 Å². The molecule has 5 heteroatoms. The number of nitrogens with one attached hydrogen (secondary N) is 1. The van der Waals surface area contributed by atoms with Crippen LogP contribution in [0.3, 0.4) is 0 Å². The number of hydrogen-bond donors (Lipinski definition) is 1. The number of anilines is 2. The van der Waals surface area contributed by atoms with Gasteiger partial charge in [-0.3, -0.25) is 0 Å². The smallest absolute Gasteiger partial charge is 0.158 e. The molecule has 0 saturated heterocycles. The van der Waals surface area contributed by atoms with Crippen molar-refractivity contribution in [3.8, 4) is 0 Å². The van der Waals surface area contributed by atoms with Crippen LogP contribution in [-0.4, -0.2) is 37.2 Å². The molecule has 0 aromatic carbocycles.